The maximum absolute atomic E-state index is 11.5. The minimum absolute atomic E-state index is 0.117. The number of aromatic nitrogens is 2. The number of rotatable bonds is 3. The lowest BCUT2D eigenvalue weighted by Gasteiger charge is -2.15. The van der Waals surface area contributed by atoms with Crippen LogP contribution in [0.2, 0.25) is 0 Å². The molecule has 1 saturated heterocycles. The zero-order valence-corrected chi connectivity index (χ0v) is 8.84. The molecular weight excluding hydrogens is 228 g/mol. The molecule has 0 aromatic carbocycles. The summed E-state index contributed by atoms with van der Waals surface area (Å²) in [5.74, 6) is -1.68. The number of urea groups is 1. The number of carboxylic acids is 1. The Balaban J connectivity index is 1.88. The van der Waals surface area contributed by atoms with Crippen molar-refractivity contribution in [2.75, 3.05) is 18.5 Å². The molecule has 92 valence electrons. The van der Waals surface area contributed by atoms with Crippen LogP contribution in [0, 0.1) is 5.92 Å². The SMILES string of the molecule is O=C(Nc1cn[nH]c1)NC1COCC1C(=O)O. The van der Waals surface area contributed by atoms with Gasteiger partial charge < -0.3 is 20.5 Å². The normalized spacial score (nSPS) is 23.3. The van der Waals surface area contributed by atoms with E-state index >= 15 is 0 Å². The molecule has 1 fully saturated rings. The Kier molecular flexibility index (Phi) is 3.24. The fourth-order valence-electron chi connectivity index (χ4n) is 1.59. The fraction of sp³-hybridized carbons (Fsp3) is 0.444. The van der Waals surface area contributed by atoms with Crippen molar-refractivity contribution in [1.82, 2.24) is 15.5 Å². The lowest BCUT2D eigenvalue weighted by atomic mass is 10.0. The van der Waals surface area contributed by atoms with Crippen LogP contribution in [0.1, 0.15) is 0 Å². The summed E-state index contributed by atoms with van der Waals surface area (Å²) in [5, 5.41) is 20.2. The molecule has 2 heterocycles. The maximum Gasteiger partial charge on any atom is 0.319 e. The van der Waals surface area contributed by atoms with Crippen molar-refractivity contribution < 1.29 is 19.4 Å². The standard InChI is InChI=1S/C9H12N4O4/c14-8(15)6-3-17-4-7(6)13-9(16)12-5-1-10-11-2-5/h1-2,6-7H,3-4H2,(H,10,11)(H,14,15)(H2,12,13,16). The van der Waals surface area contributed by atoms with Crippen LogP contribution in [0.15, 0.2) is 12.4 Å². The Morgan fingerprint density at radius 3 is 3.00 bits per heavy atom. The van der Waals surface area contributed by atoms with Gasteiger partial charge in [-0.1, -0.05) is 0 Å². The Morgan fingerprint density at radius 1 is 1.53 bits per heavy atom. The van der Waals surface area contributed by atoms with E-state index in [1.807, 2.05) is 0 Å². The van der Waals surface area contributed by atoms with Gasteiger partial charge in [0.2, 0.25) is 0 Å². The molecule has 2 atom stereocenters. The summed E-state index contributed by atoms with van der Waals surface area (Å²) >= 11 is 0. The summed E-state index contributed by atoms with van der Waals surface area (Å²) < 4.78 is 5.03. The van der Waals surface area contributed by atoms with Gasteiger partial charge in [-0.05, 0) is 0 Å². The molecule has 2 amide bonds. The van der Waals surface area contributed by atoms with Gasteiger partial charge in [0.25, 0.3) is 0 Å². The number of hydrogen-bond donors (Lipinski definition) is 4. The lowest BCUT2D eigenvalue weighted by Crippen LogP contribution is -2.44. The highest BCUT2D eigenvalue weighted by Gasteiger charge is 2.35. The second kappa shape index (κ2) is 4.83. The Hall–Kier alpha value is -2.09. The number of anilines is 1. The summed E-state index contributed by atoms with van der Waals surface area (Å²) in [5.41, 5.74) is 0.508. The first-order valence-electron chi connectivity index (χ1n) is 5.03. The Morgan fingerprint density at radius 2 is 2.35 bits per heavy atom. The highest BCUT2D eigenvalue weighted by Crippen LogP contribution is 2.14. The van der Waals surface area contributed by atoms with Crippen LogP contribution in [0.4, 0.5) is 10.5 Å². The molecule has 0 bridgehead atoms. The summed E-state index contributed by atoms with van der Waals surface area (Å²) in [4.78, 5) is 22.4. The van der Waals surface area contributed by atoms with Gasteiger partial charge in [0.15, 0.2) is 0 Å². The van der Waals surface area contributed by atoms with E-state index in [1.165, 1.54) is 12.4 Å². The largest absolute Gasteiger partial charge is 0.481 e. The number of aromatic amines is 1. The first-order chi connectivity index (χ1) is 8.16. The molecule has 0 aliphatic carbocycles. The molecule has 4 N–H and O–H groups in total. The first kappa shape index (κ1) is 11.4. The van der Waals surface area contributed by atoms with Crippen LogP contribution in [0.3, 0.4) is 0 Å². The predicted octanol–water partition coefficient (Wildman–Crippen LogP) is -0.369. The Bertz CT molecular complexity index is 405. The van der Waals surface area contributed by atoms with Gasteiger partial charge in [0.1, 0.15) is 5.92 Å². The van der Waals surface area contributed by atoms with Crippen LogP contribution >= 0.6 is 0 Å². The van der Waals surface area contributed by atoms with E-state index < -0.39 is 24.0 Å². The van der Waals surface area contributed by atoms with Crippen molar-refractivity contribution >= 4 is 17.7 Å². The molecule has 1 aromatic heterocycles. The average Bonchev–Trinajstić information content (AvgIpc) is 2.88. The van der Waals surface area contributed by atoms with E-state index in [2.05, 4.69) is 20.8 Å². The molecule has 1 aliphatic rings. The van der Waals surface area contributed by atoms with Crippen LogP contribution in [-0.4, -0.2) is 46.6 Å². The van der Waals surface area contributed by atoms with Crippen molar-refractivity contribution in [3.05, 3.63) is 12.4 Å². The number of nitrogens with one attached hydrogen (secondary N) is 3. The van der Waals surface area contributed by atoms with Crippen LogP contribution < -0.4 is 10.6 Å². The number of carbonyl (C=O) groups is 2. The number of nitrogens with zero attached hydrogens (tertiary/aromatic N) is 1. The smallest absolute Gasteiger partial charge is 0.319 e. The molecule has 0 saturated carbocycles. The van der Waals surface area contributed by atoms with Crippen molar-refractivity contribution in [2.24, 2.45) is 5.92 Å². The van der Waals surface area contributed by atoms with E-state index in [4.69, 9.17) is 9.84 Å². The van der Waals surface area contributed by atoms with Crippen LogP contribution in [0.5, 0.6) is 0 Å². The van der Waals surface area contributed by atoms with Gasteiger partial charge in [-0.3, -0.25) is 9.89 Å². The summed E-state index contributed by atoms with van der Waals surface area (Å²) in [7, 11) is 0. The van der Waals surface area contributed by atoms with Crippen LogP contribution in [0.25, 0.3) is 0 Å². The number of amides is 2. The third-order valence-electron chi connectivity index (χ3n) is 2.47. The zero-order valence-electron chi connectivity index (χ0n) is 8.84. The van der Waals surface area contributed by atoms with E-state index in [0.29, 0.717) is 5.69 Å². The molecule has 2 unspecified atom stereocenters. The number of ether oxygens (including phenoxy) is 1. The van der Waals surface area contributed by atoms with Gasteiger partial charge in [0, 0.05) is 6.20 Å². The average molecular weight is 240 g/mol. The molecule has 8 heteroatoms. The lowest BCUT2D eigenvalue weighted by molar-refractivity contribution is -0.142. The molecule has 1 aromatic rings. The monoisotopic (exact) mass is 240 g/mol. The summed E-state index contributed by atoms with van der Waals surface area (Å²) in [6, 6.07) is -0.993. The van der Waals surface area contributed by atoms with Gasteiger partial charge in [0.05, 0.1) is 31.1 Å². The minimum atomic E-state index is -0.976. The van der Waals surface area contributed by atoms with Crippen molar-refractivity contribution in [1.29, 1.82) is 0 Å². The first-order valence-corrected chi connectivity index (χ1v) is 5.03. The molecule has 17 heavy (non-hydrogen) atoms. The van der Waals surface area contributed by atoms with Crippen molar-refractivity contribution in [3.8, 4) is 0 Å². The highest BCUT2D eigenvalue weighted by atomic mass is 16.5. The maximum atomic E-state index is 11.5. The van der Waals surface area contributed by atoms with Gasteiger partial charge in [-0.2, -0.15) is 5.10 Å². The molecule has 0 radical (unpaired) electrons. The number of H-pyrrole nitrogens is 1. The minimum Gasteiger partial charge on any atom is -0.481 e. The number of carbonyl (C=O) groups excluding carboxylic acids is 1. The molecule has 0 spiro atoms. The third-order valence-corrected chi connectivity index (χ3v) is 2.47. The zero-order chi connectivity index (χ0) is 12.3. The predicted molar refractivity (Wildman–Crippen MR) is 56.5 cm³/mol. The molecular formula is C9H12N4O4. The highest BCUT2D eigenvalue weighted by molar-refractivity contribution is 5.89. The van der Waals surface area contributed by atoms with Gasteiger partial charge >= 0.3 is 12.0 Å². The Labute approximate surface area is 96.3 Å². The molecule has 2 rings (SSSR count). The number of hydrogen-bond acceptors (Lipinski definition) is 4. The molecule has 8 nitrogen and oxygen atoms in total. The summed E-state index contributed by atoms with van der Waals surface area (Å²) in [6.45, 7) is 0.321. The van der Waals surface area contributed by atoms with Crippen molar-refractivity contribution in [2.45, 2.75) is 6.04 Å². The van der Waals surface area contributed by atoms with E-state index in [0.717, 1.165) is 0 Å². The second-order valence-corrected chi connectivity index (χ2v) is 3.67. The number of carboxylic acid groups (broad SMARTS) is 1. The third kappa shape index (κ3) is 2.72. The van der Waals surface area contributed by atoms with Crippen molar-refractivity contribution in [3.63, 3.8) is 0 Å². The second-order valence-electron chi connectivity index (χ2n) is 3.67. The van der Waals surface area contributed by atoms with E-state index in [9.17, 15) is 9.59 Å². The van der Waals surface area contributed by atoms with Gasteiger partial charge in [-0.25, -0.2) is 4.79 Å². The quantitative estimate of drug-likeness (QED) is 0.575. The topological polar surface area (TPSA) is 116 Å². The number of aliphatic carboxylic acids is 1. The molecule has 1 aliphatic heterocycles. The summed E-state index contributed by atoms with van der Waals surface area (Å²) in [6.07, 6.45) is 2.96. The fourth-order valence-corrected chi connectivity index (χ4v) is 1.59. The van der Waals surface area contributed by atoms with E-state index in [-0.39, 0.29) is 13.2 Å². The van der Waals surface area contributed by atoms with E-state index in [1.54, 1.807) is 0 Å². The van der Waals surface area contributed by atoms with Gasteiger partial charge in [-0.15, -0.1) is 0 Å². The van der Waals surface area contributed by atoms with Crippen LogP contribution in [-0.2, 0) is 9.53 Å².